The predicted molar refractivity (Wildman–Crippen MR) is 85.4 cm³/mol. The average molecular weight is 330 g/mol. The van der Waals surface area contributed by atoms with E-state index in [1.807, 2.05) is 0 Å². The molecular weight excluding hydrogens is 305 g/mol. The molecule has 4 saturated carbocycles. The lowest BCUT2D eigenvalue weighted by molar-refractivity contribution is -0.123. The third-order valence-electron chi connectivity index (χ3n) is 6.57. The van der Waals surface area contributed by atoms with Crippen molar-refractivity contribution in [3.05, 3.63) is 0 Å². The summed E-state index contributed by atoms with van der Waals surface area (Å²) >= 11 is 12.7. The van der Waals surface area contributed by atoms with Crippen LogP contribution in [-0.2, 0) is 4.79 Å². The Morgan fingerprint density at radius 1 is 0.857 bits per heavy atom. The summed E-state index contributed by atoms with van der Waals surface area (Å²) in [5.74, 6) is 2.84. The van der Waals surface area contributed by atoms with Crippen LogP contribution in [0.4, 0.5) is 0 Å². The van der Waals surface area contributed by atoms with E-state index in [0.717, 1.165) is 25.7 Å². The highest BCUT2D eigenvalue weighted by atomic mass is 35.5. The van der Waals surface area contributed by atoms with Crippen molar-refractivity contribution in [2.75, 3.05) is 0 Å². The van der Waals surface area contributed by atoms with Gasteiger partial charge >= 0.3 is 0 Å². The SMILES string of the molecule is O=C(NC1CCCCC1)C1[C@H]2CC[C@H]3[C@H](CC[C@@H]12)C3(Cl)Cl. The molecule has 5 atom stereocenters. The monoisotopic (exact) mass is 329 g/mol. The number of rotatable bonds is 2. The second-order valence-corrected chi connectivity index (χ2v) is 9.18. The van der Waals surface area contributed by atoms with E-state index in [0.29, 0.717) is 41.5 Å². The zero-order chi connectivity index (χ0) is 14.6. The lowest BCUT2D eigenvalue weighted by Gasteiger charge is -2.22. The highest BCUT2D eigenvalue weighted by Crippen LogP contribution is 2.67. The fraction of sp³-hybridized carbons (Fsp3) is 0.941. The first-order chi connectivity index (χ1) is 10.1. The van der Waals surface area contributed by atoms with Crippen LogP contribution in [0.15, 0.2) is 0 Å². The van der Waals surface area contributed by atoms with Crippen LogP contribution in [0.2, 0.25) is 0 Å². The number of hydrogen-bond acceptors (Lipinski definition) is 1. The third kappa shape index (κ3) is 2.61. The van der Waals surface area contributed by atoms with Gasteiger partial charge in [-0.15, -0.1) is 23.2 Å². The van der Waals surface area contributed by atoms with Gasteiger partial charge in [0.2, 0.25) is 5.91 Å². The molecule has 1 unspecified atom stereocenters. The Balaban J connectivity index is 1.31. The zero-order valence-corrected chi connectivity index (χ0v) is 14.0. The molecule has 1 amide bonds. The first-order valence-corrected chi connectivity index (χ1v) is 9.53. The van der Waals surface area contributed by atoms with E-state index in [1.54, 1.807) is 0 Å². The molecule has 0 saturated heterocycles. The Labute approximate surface area is 137 Å². The van der Waals surface area contributed by atoms with Crippen LogP contribution >= 0.6 is 23.2 Å². The Morgan fingerprint density at radius 2 is 1.43 bits per heavy atom. The molecule has 0 aliphatic heterocycles. The van der Waals surface area contributed by atoms with E-state index < -0.39 is 4.33 Å². The highest BCUT2D eigenvalue weighted by molar-refractivity contribution is 6.51. The molecule has 21 heavy (non-hydrogen) atoms. The van der Waals surface area contributed by atoms with Crippen molar-refractivity contribution in [2.45, 2.75) is 68.2 Å². The Bertz CT molecular complexity index is 411. The maximum atomic E-state index is 12.5. The minimum Gasteiger partial charge on any atom is -0.353 e. The molecule has 0 spiro atoms. The third-order valence-corrected chi connectivity index (χ3v) is 7.69. The minimum atomic E-state index is -0.448. The second kappa shape index (κ2) is 5.30. The molecule has 4 aliphatic carbocycles. The van der Waals surface area contributed by atoms with Crippen LogP contribution in [0.5, 0.6) is 0 Å². The molecule has 4 rings (SSSR count). The smallest absolute Gasteiger partial charge is 0.223 e. The molecule has 4 fully saturated rings. The van der Waals surface area contributed by atoms with Crippen LogP contribution in [0.1, 0.15) is 57.8 Å². The molecule has 0 aromatic heterocycles. The minimum absolute atomic E-state index is 0.296. The van der Waals surface area contributed by atoms with Gasteiger partial charge in [0.1, 0.15) is 4.33 Å². The molecule has 2 nitrogen and oxygen atoms in total. The van der Waals surface area contributed by atoms with E-state index in [9.17, 15) is 4.79 Å². The normalized spacial score (nSPS) is 44.8. The van der Waals surface area contributed by atoms with Gasteiger partial charge in [-0.3, -0.25) is 4.79 Å². The quantitative estimate of drug-likeness (QED) is 0.752. The predicted octanol–water partition coefficient (Wildman–Crippen LogP) is 4.29. The standard InChI is InChI=1S/C17H25Cl2NO/c18-17(19)13-8-6-11-12(7-9-14(13)17)15(11)16(21)20-10-4-2-1-3-5-10/h10-15H,1-9H2,(H,20,21)/t11-,12+,13-,14-,15?/m0/s1. The molecule has 4 aliphatic rings. The van der Waals surface area contributed by atoms with Gasteiger partial charge in [-0.1, -0.05) is 19.3 Å². The summed E-state index contributed by atoms with van der Waals surface area (Å²) in [6.45, 7) is 0. The van der Waals surface area contributed by atoms with Crippen LogP contribution in [0.3, 0.4) is 0 Å². The summed E-state index contributed by atoms with van der Waals surface area (Å²) < 4.78 is -0.448. The van der Waals surface area contributed by atoms with Gasteiger partial charge in [-0.2, -0.15) is 0 Å². The number of halogens is 2. The number of alkyl halides is 2. The summed E-state index contributed by atoms with van der Waals surface area (Å²) in [5, 5.41) is 3.33. The summed E-state index contributed by atoms with van der Waals surface area (Å²) in [7, 11) is 0. The molecule has 0 heterocycles. The number of hydrogen-bond donors (Lipinski definition) is 1. The van der Waals surface area contributed by atoms with Crippen LogP contribution in [0, 0.1) is 29.6 Å². The fourth-order valence-corrected chi connectivity index (χ4v) is 6.08. The van der Waals surface area contributed by atoms with E-state index in [4.69, 9.17) is 23.2 Å². The summed E-state index contributed by atoms with van der Waals surface area (Å²) in [4.78, 5) is 12.5. The van der Waals surface area contributed by atoms with Crippen molar-refractivity contribution < 1.29 is 4.79 Å². The highest BCUT2D eigenvalue weighted by Gasteiger charge is 2.65. The summed E-state index contributed by atoms with van der Waals surface area (Å²) in [6.07, 6.45) is 10.8. The van der Waals surface area contributed by atoms with Crippen molar-refractivity contribution >= 4 is 29.1 Å². The van der Waals surface area contributed by atoms with Gasteiger partial charge in [-0.05, 0) is 62.2 Å². The lowest BCUT2D eigenvalue weighted by atomic mass is 9.95. The maximum absolute atomic E-state index is 12.5. The number of fused-ring (bicyclic) bond motifs is 2. The summed E-state index contributed by atoms with van der Waals surface area (Å²) in [6, 6.07) is 0.449. The van der Waals surface area contributed by atoms with E-state index in [-0.39, 0.29) is 0 Å². The second-order valence-electron chi connectivity index (χ2n) is 7.74. The van der Waals surface area contributed by atoms with Crippen molar-refractivity contribution in [3.8, 4) is 0 Å². The van der Waals surface area contributed by atoms with E-state index in [1.165, 1.54) is 32.1 Å². The largest absolute Gasteiger partial charge is 0.353 e. The van der Waals surface area contributed by atoms with Gasteiger partial charge in [0, 0.05) is 12.0 Å². The Morgan fingerprint density at radius 3 is 2.00 bits per heavy atom. The fourth-order valence-electron chi connectivity index (χ4n) is 5.16. The molecule has 4 heteroatoms. The molecule has 118 valence electrons. The molecule has 0 radical (unpaired) electrons. The lowest BCUT2D eigenvalue weighted by Crippen LogP contribution is -2.37. The van der Waals surface area contributed by atoms with Gasteiger partial charge < -0.3 is 5.32 Å². The van der Waals surface area contributed by atoms with Crippen LogP contribution in [-0.4, -0.2) is 16.3 Å². The number of amides is 1. The van der Waals surface area contributed by atoms with Gasteiger partial charge in [0.05, 0.1) is 0 Å². The topological polar surface area (TPSA) is 29.1 Å². The first kappa shape index (κ1) is 14.6. The maximum Gasteiger partial charge on any atom is 0.223 e. The van der Waals surface area contributed by atoms with Gasteiger partial charge in [0.25, 0.3) is 0 Å². The van der Waals surface area contributed by atoms with Gasteiger partial charge in [-0.25, -0.2) is 0 Å². The van der Waals surface area contributed by atoms with E-state index >= 15 is 0 Å². The Hall–Kier alpha value is 0.0500. The average Bonchev–Trinajstić information content (AvgIpc) is 3.24. The molecule has 0 aromatic rings. The van der Waals surface area contributed by atoms with Crippen molar-refractivity contribution in [3.63, 3.8) is 0 Å². The van der Waals surface area contributed by atoms with E-state index in [2.05, 4.69) is 5.32 Å². The van der Waals surface area contributed by atoms with Gasteiger partial charge in [0.15, 0.2) is 0 Å². The molecule has 0 bridgehead atoms. The molecule has 1 N–H and O–H groups in total. The van der Waals surface area contributed by atoms with Crippen molar-refractivity contribution in [2.24, 2.45) is 29.6 Å². The molecular formula is C17H25Cl2NO. The number of carbonyl (C=O) groups excluding carboxylic acids is 1. The Kier molecular flexibility index (Phi) is 3.69. The summed E-state index contributed by atoms with van der Waals surface area (Å²) in [5.41, 5.74) is 0. The van der Waals surface area contributed by atoms with Crippen molar-refractivity contribution in [1.82, 2.24) is 5.32 Å². The van der Waals surface area contributed by atoms with Crippen molar-refractivity contribution in [1.29, 1.82) is 0 Å². The van der Waals surface area contributed by atoms with Crippen LogP contribution < -0.4 is 5.32 Å². The number of nitrogens with one attached hydrogen (secondary N) is 1. The zero-order valence-electron chi connectivity index (χ0n) is 12.5. The van der Waals surface area contributed by atoms with Crippen LogP contribution in [0.25, 0.3) is 0 Å². The molecule has 0 aromatic carbocycles. The number of carbonyl (C=O) groups is 1. The first-order valence-electron chi connectivity index (χ1n) is 8.77.